The van der Waals surface area contributed by atoms with Crippen molar-refractivity contribution in [1.29, 1.82) is 0 Å². The monoisotopic (exact) mass is 651 g/mol. The molecule has 0 saturated heterocycles. The first-order chi connectivity index (χ1) is 22.6. The number of hydrogen-bond donors (Lipinski definition) is 1. The van der Waals surface area contributed by atoms with E-state index in [1.807, 2.05) is 0 Å². The molecular formula is C41H78O5. The number of hydrogen-bond acceptors (Lipinski definition) is 5. The quantitative estimate of drug-likeness (QED) is 0.0411. The van der Waals surface area contributed by atoms with Gasteiger partial charge in [-0.05, 0) is 38.5 Å². The molecule has 0 heterocycles. The van der Waals surface area contributed by atoms with Crippen LogP contribution in [-0.2, 0) is 19.1 Å². The van der Waals surface area contributed by atoms with Gasteiger partial charge in [0.1, 0.15) is 6.61 Å². The van der Waals surface area contributed by atoms with E-state index in [1.165, 1.54) is 154 Å². The summed E-state index contributed by atoms with van der Waals surface area (Å²) in [5, 5.41) is 9.55. The second kappa shape index (κ2) is 38.1. The van der Waals surface area contributed by atoms with Gasteiger partial charge < -0.3 is 14.6 Å². The molecular weight excluding hydrogens is 572 g/mol. The second-order valence-corrected chi connectivity index (χ2v) is 13.7. The molecule has 0 bridgehead atoms. The average Bonchev–Trinajstić information content (AvgIpc) is 3.06. The molecule has 272 valence electrons. The minimum atomic E-state index is -0.765. The molecule has 0 aromatic rings. The Morgan fingerprint density at radius 1 is 0.478 bits per heavy atom. The zero-order chi connectivity index (χ0) is 33.6. The molecule has 0 aliphatic carbocycles. The zero-order valence-electron chi connectivity index (χ0n) is 30.9. The van der Waals surface area contributed by atoms with Gasteiger partial charge >= 0.3 is 11.9 Å². The van der Waals surface area contributed by atoms with Crippen LogP contribution in [0.1, 0.15) is 219 Å². The van der Waals surface area contributed by atoms with Crippen LogP contribution in [0.5, 0.6) is 0 Å². The molecule has 1 N–H and O–H groups in total. The highest BCUT2D eigenvalue weighted by molar-refractivity contribution is 5.70. The van der Waals surface area contributed by atoms with Crippen molar-refractivity contribution < 1.29 is 24.2 Å². The Morgan fingerprint density at radius 3 is 1.17 bits per heavy atom. The van der Waals surface area contributed by atoms with Crippen molar-refractivity contribution in [2.45, 2.75) is 225 Å². The van der Waals surface area contributed by atoms with Crippen molar-refractivity contribution in [3.63, 3.8) is 0 Å². The lowest BCUT2D eigenvalue weighted by atomic mass is 10.0. The van der Waals surface area contributed by atoms with E-state index in [1.54, 1.807) is 0 Å². The molecule has 0 aliphatic rings. The maximum Gasteiger partial charge on any atom is 0.306 e. The van der Waals surface area contributed by atoms with Crippen LogP contribution in [0.2, 0.25) is 0 Å². The van der Waals surface area contributed by atoms with Crippen molar-refractivity contribution in [3.05, 3.63) is 12.2 Å². The highest BCUT2D eigenvalue weighted by atomic mass is 16.6. The molecule has 46 heavy (non-hydrogen) atoms. The van der Waals surface area contributed by atoms with Gasteiger partial charge in [0.25, 0.3) is 0 Å². The number of ether oxygens (including phenoxy) is 2. The van der Waals surface area contributed by atoms with E-state index >= 15 is 0 Å². The Morgan fingerprint density at radius 2 is 0.804 bits per heavy atom. The van der Waals surface area contributed by atoms with Gasteiger partial charge in [0, 0.05) is 12.8 Å². The van der Waals surface area contributed by atoms with Gasteiger partial charge in [0.15, 0.2) is 6.10 Å². The van der Waals surface area contributed by atoms with Crippen LogP contribution in [0.25, 0.3) is 0 Å². The Bertz CT molecular complexity index is 661. The first-order valence-corrected chi connectivity index (χ1v) is 20.2. The van der Waals surface area contributed by atoms with Crippen LogP contribution in [0, 0.1) is 0 Å². The Balaban J connectivity index is 3.50. The van der Waals surface area contributed by atoms with Crippen molar-refractivity contribution >= 4 is 11.9 Å². The van der Waals surface area contributed by atoms with Crippen LogP contribution in [-0.4, -0.2) is 36.4 Å². The molecule has 0 spiro atoms. The zero-order valence-corrected chi connectivity index (χ0v) is 30.9. The summed E-state index contributed by atoms with van der Waals surface area (Å²) in [6.07, 6.45) is 42.7. The van der Waals surface area contributed by atoms with Crippen LogP contribution in [0.15, 0.2) is 12.2 Å². The summed E-state index contributed by atoms with van der Waals surface area (Å²) in [6.45, 7) is 4.15. The van der Waals surface area contributed by atoms with Gasteiger partial charge in [-0.2, -0.15) is 0 Å². The van der Waals surface area contributed by atoms with Gasteiger partial charge in [-0.25, -0.2) is 0 Å². The molecule has 0 aliphatic heterocycles. The summed E-state index contributed by atoms with van der Waals surface area (Å²) in [4.78, 5) is 24.2. The van der Waals surface area contributed by atoms with Crippen molar-refractivity contribution in [2.75, 3.05) is 13.2 Å². The smallest absolute Gasteiger partial charge is 0.306 e. The fourth-order valence-corrected chi connectivity index (χ4v) is 5.96. The summed E-state index contributed by atoms with van der Waals surface area (Å²) in [6, 6.07) is 0. The molecule has 0 aromatic carbocycles. The third-order valence-electron chi connectivity index (χ3n) is 9.06. The topological polar surface area (TPSA) is 72.8 Å². The highest BCUT2D eigenvalue weighted by Gasteiger charge is 2.16. The third-order valence-corrected chi connectivity index (χ3v) is 9.06. The lowest BCUT2D eigenvalue weighted by molar-refractivity contribution is -0.161. The van der Waals surface area contributed by atoms with E-state index in [9.17, 15) is 14.7 Å². The van der Waals surface area contributed by atoms with E-state index in [2.05, 4.69) is 26.0 Å². The molecule has 0 saturated carbocycles. The molecule has 0 aromatic heterocycles. The fourth-order valence-electron chi connectivity index (χ4n) is 5.96. The summed E-state index contributed by atoms with van der Waals surface area (Å²) >= 11 is 0. The molecule has 1 atom stereocenters. The number of aliphatic hydroxyl groups is 1. The molecule has 0 unspecified atom stereocenters. The van der Waals surface area contributed by atoms with E-state index in [-0.39, 0.29) is 25.2 Å². The first kappa shape index (κ1) is 44.6. The molecule has 0 fully saturated rings. The second-order valence-electron chi connectivity index (χ2n) is 13.7. The number of esters is 2. The predicted molar refractivity (Wildman–Crippen MR) is 196 cm³/mol. The lowest BCUT2D eigenvalue weighted by Crippen LogP contribution is -2.28. The minimum absolute atomic E-state index is 0.0605. The first-order valence-electron chi connectivity index (χ1n) is 20.2. The van der Waals surface area contributed by atoms with Crippen LogP contribution in [0.4, 0.5) is 0 Å². The predicted octanol–water partition coefficient (Wildman–Crippen LogP) is 12.5. The standard InChI is InChI=1S/C41H78O5/c1-3-5-7-9-11-13-15-17-18-19-20-21-22-24-26-28-30-32-34-36-41(44)46-39(37-42)38-45-40(43)35-33-31-29-27-25-23-16-14-12-10-8-6-4-2/h17-18,39,42H,3-16,19-38H2,1-2H3/t39-/m0/s1. The maximum atomic E-state index is 12.2. The number of allylic oxidation sites excluding steroid dienone is 2. The Labute approximate surface area is 286 Å². The number of rotatable bonds is 37. The minimum Gasteiger partial charge on any atom is -0.462 e. The average molecular weight is 651 g/mol. The van der Waals surface area contributed by atoms with Gasteiger partial charge in [0.2, 0.25) is 0 Å². The Kier molecular flexibility index (Phi) is 37.0. The maximum absolute atomic E-state index is 12.2. The molecule has 0 rings (SSSR count). The van der Waals surface area contributed by atoms with Crippen LogP contribution < -0.4 is 0 Å². The summed E-state index contributed by atoms with van der Waals surface area (Å²) in [7, 11) is 0. The van der Waals surface area contributed by atoms with E-state index in [4.69, 9.17) is 9.47 Å². The van der Waals surface area contributed by atoms with Gasteiger partial charge in [-0.3, -0.25) is 9.59 Å². The molecule has 5 nitrogen and oxygen atoms in total. The van der Waals surface area contributed by atoms with E-state index in [0.717, 1.165) is 38.5 Å². The SMILES string of the molecule is CCCCCCCCC=CCCCCCCCCCCCC(=O)O[C@@H](CO)COC(=O)CCCCCCCCCCCCCCC. The number of carbonyl (C=O) groups excluding carboxylic acids is 2. The van der Waals surface area contributed by atoms with E-state index < -0.39 is 6.10 Å². The van der Waals surface area contributed by atoms with Crippen molar-refractivity contribution in [3.8, 4) is 0 Å². The number of unbranched alkanes of at least 4 members (excludes halogenated alkanes) is 27. The summed E-state index contributed by atoms with van der Waals surface area (Å²) < 4.78 is 10.6. The van der Waals surface area contributed by atoms with Crippen molar-refractivity contribution in [1.82, 2.24) is 0 Å². The van der Waals surface area contributed by atoms with Gasteiger partial charge in [0.05, 0.1) is 6.61 Å². The Hall–Kier alpha value is -1.36. The van der Waals surface area contributed by atoms with Crippen LogP contribution in [0.3, 0.4) is 0 Å². The van der Waals surface area contributed by atoms with Crippen LogP contribution >= 0.6 is 0 Å². The molecule has 0 radical (unpaired) electrons. The molecule has 5 heteroatoms. The van der Waals surface area contributed by atoms with Crippen molar-refractivity contribution in [2.24, 2.45) is 0 Å². The third kappa shape index (κ3) is 35.5. The lowest BCUT2D eigenvalue weighted by Gasteiger charge is -2.15. The largest absolute Gasteiger partial charge is 0.462 e. The number of carbonyl (C=O) groups is 2. The normalized spacial score (nSPS) is 12.2. The summed E-state index contributed by atoms with van der Waals surface area (Å²) in [5.74, 6) is -0.583. The highest BCUT2D eigenvalue weighted by Crippen LogP contribution is 2.15. The molecule has 0 amide bonds. The van der Waals surface area contributed by atoms with Gasteiger partial charge in [-0.1, -0.05) is 180 Å². The fraction of sp³-hybridized carbons (Fsp3) is 0.902. The van der Waals surface area contributed by atoms with E-state index in [0.29, 0.717) is 12.8 Å². The summed E-state index contributed by atoms with van der Waals surface area (Å²) in [5.41, 5.74) is 0. The number of aliphatic hydroxyl groups excluding tert-OH is 1. The van der Waals surface area contributed by atoms with Gasteiger partial charge in [-0.15, -0.1) is 0 Å².